The van der Waals surface area contributed by atoms with Crippen molar-refractivity contribution in [2.75, 3.05) is 10.6 Å². The molecule has 0 bridgehead atoms. The van der Waals surface area contributed by atoms with E-state index in [2.05, 4.69) is 10.6 Å². The molecule has 0 radical (unpaired) electrons. The SMILES string of the molecule is Cc1cccc(C(=O)Nc2ccc(SC(C)C(=O)Nc3cccc(C)c3C)cc2)c1. The minimum absolute atomic E-state index is 0.0365. The normalized spacial score (nSPS) is 11.6. The molecule has 0 aliphatic carbocycles. The number of carbonyl (C=O) groups is 2. The lowest BCUT2D eigenvalue weighted by atomic mass is 10.1. The van der Waals surface area contributed by atoms with E-state index < -0.39 is 0 Å². The van der Waals surface area contributed by atoms with Crippen LogP contribution in [0.4, 0.5) is 11.4 Å². The first-order valence-corrected chi connectivity index (χ1v) is 10.7. The van der Waals surface area contributed by atoms with E-state index in [0.717, 1.165) is 33.0 Å². The monoisotopic (exact) mass is 418 g/mol. The second kappa shape index (κ2) is 9.63. The standard InChI is InChI=1S/C25H26N2O2S/c1-16-7-5-9-20(15-16)25(29)26-21-11-13-22(14-12-21)30-19(4)24(28)27-23-10-6-8-17(2)18(23)3/h5-15,19H,1-4H3,(H,26,29)(H,27,28). The topological polar surface area (TPSA) is 58.2 Å². The van der Waals surface area contributed by atoms with Gasteiger partial charge in [0.15, 0.2) is 0 Å². The number of anilines is 2. The van der Waals surface area contributed by atoms with Crippen molar-refractivity contribution in [1.82, 2.24) is 0 Å². The summed E-state index contributed by atoms with van der Waals surface area (Å²) in [5, 5.41) is 5.67. The Morgan fingerprint density at radius 3 is 2.27 bits per heavy atom. The molecule has 5 heteroatoms. The first-order chi connectivity index (χ1) is 14.3. The van der Waals surface area contributed by atoms with Gasteiger partial charge in [-0.05, 0) is 81.3 Å². The highest BCUT2D eigenvalue weighted by molar-refractivity contribution is 8.00. The van der Waals surface area contributed by atoms with Crippen molar-refractivity contribution in [1.29, 1.82) is 0 Å². The van der Waals surface area contributed by atoms with E-state index in [-0.39, 0.29) is 17.1 Å². The Morgan fingerprint density at radius 2 is 1.57 bits per heavy atom. The third-order valence-electron chi connectivity index (χ3n) is 4.94. The fraction of sp³-hybridized carbons (Fsp3) is 0.200. The summed E-state index contributed by atoms with van der Waals surface area (Å²) in [6.07, 6.45) is 0. The number of benzene rings is 3. The zero-order chi connectivity index (χ0) is 21.7. The molecule has 30 heavy (non-hydrogen) atoms. The molecule has 0 aliphatic rings. The first-order valence-electron chi connectivity index (χ1n) is 9.85. The Balaban J connectivity index is 1.58. The van der Waals surface area contributed by atoms with Crippen LogP contribution in [-0.2, 0) is 4.79 Å². The van der Waals surface area contributed by atoms with Crippen LogP contribution in [0.5, 0.6) is 0 Å². The maximum atomic E-state index is 12.6. The third-order valence-corrected chi connectivity index (χ3v) is 6.05. The van der Waals surface area contributed by atoms with E-state index >= 15 is 0 Å². The van der Waals surface area contributed by atoms with Gasteiger partial charge in [-0.15, -0.1) is 11.8 Å². The van der Waals surface area contributed by atoms with Crippen molar-refractivity contribution in [3.8, 4) is 0 Å². The zero-order valence-electron chi connectivity index (χ0n) is 17.7. The molecule has 0 fully saturated rings. The summed E-state index contributed by atoms with van der Waals surface area (Å²) in [6.45, 7) is 7.88. The van der Waals surface area contributed by atoms with Crippen molar-refractivity contribution >= 4 is 35.0 Å². The van der Waals surface area contributed by atoms with Gasteiger partial charge < -0.3 is 10.6 Å². The number of amides is 2. The van der Waals surface area contributed by atoms with Gasteiger partial charge in [-0.25, -0.2) is 0 Å². The van der Waals surface area contributed by atoms with Gasteiger partial charge in [-0.2, -0.15) is 0 Å². The lowest BCUT2D eigenvalue weighted by Crippen LogP contribution is -2.22. The lowest BCUT2D eigenvalue weighted by molar-refractivity contribution is -0.115. The highest BCUT2D eigenvalue weighted by Gasteiger charge is 2.16. The summed E-state index contributed by atoms with van der Waals surface area (Å²) in [5.41, 5.74) is 5.47. The van der Waals surface area contributed by atoms with E-state index in [4.69, 9.17) is 0 Å². The maximum Gasteiger partial charge on any atom is 0.255 e. The molecular formula is C25H26N2O2S. The first kappa shape index (κ1) is 21.7. The Hall–Kier alpha value is -3.05. The molecule has 0 saturated carbocycles. The van der Waals surface area contributed by atoms with Crippen LogP contribution in [0, 0.1) is 20.8 Å². The van der Waals surface area contributed by atoms with E-state index in [9.17, 15) is 9.59 Å². The molecule has 0 saturated heterocycles. The zero-order valence-corrected chi connectivity index (χ0v) is 18.5. The summed E-state index contributed by atoms with van der Waals surface area (Å²) < 4.78 is 0. The van der Waals surface area contributed by atoms with E-state index in [1.54, 1.807) is 6.07 Å². The molecule has 0 aromatic heterocycles. The minimum atomic E-state index is -0.252. The van der Waals surface area contributed by atoms with Crippen molar-refractivity contribution < 1.29 is 9.59 Å². The molecular weight excluding hydrogens is 392 g/mol. The van der Waals surface area contributed by atoms with Gasteiger partial charge >= 0.3 is 0 Å². The Labute approximate surface area is 182 Å². The number of thioether (sulfide) groups is 1. The minimum Gasteiger partial charge on any atom is -0.325 e. The van der Waals surface area contributed by atoms with Gasteiger partial charge in [0.05, 0.1) is 5.25 Å². The van der Waals surface area contributed by atoms with E-state index in [1.165, 1.54) is 11.8 Å². The van der Waals surface area contributed by atoms with Gasteiger partial charge in [0, 0.05) is 21.8 Å². The molecule has 1 unspecified atom stereocenters. The molecule has 0 spiro atoms. The van der Waals surface area contributed by atoms with Crippen LogP contribution in [0.2, 0.25) is 0 Å². The summed E-state index contributed by atoms with van der Waals surface area (Å²) in [6, 6.07) is 20.9. The largest absolute Gasteiger partial charge is 0.325 e. The average molecular weight is 419 g/mol. The molecule has 3 aromatic carbocycles. The average Bonchev–Trinajstić information content (AvgIpc) is 2.72. The molecule has 3 rings (SSSR count). The van der Waals surface area contributed by atoms with Crippen molar-refractivity contribution in [3.05, 3.63) is 89.0 Å². The molecule has 154 valence electrons. The van der Waals surface area contributed by atoms with Crippen LogP contribution < -0.4 is 10.6 Å². The second-order valence-electron chi connectivity index (χ2n) is 7.34. The van der Waals surface area contributed by atoms with Crippen molar-refractivity contribution in [2.45, 2.75) is 37.8 Å². The smallest absolute Gasteiger partial charge is 0.255 e. The molecule has 0 aliphatic heterocycles. The van der Waals surface area contributed by atoms with E-state index in [1.807, 2.05) is 88.4 Å². The summed E-state index contributed by atoms with van der Waals surface area (Å²) in [4.78, 5) is 25.9. The number of hydrogen-bond donors (Lipinski definition) is 2. The van der Waals surface area contributed by atoms with Crippen molar-refractivity contribution in [2.24, 2.45) is 0 Å². The van der Waals surface area contributed by atoms with Crippen LogP contribution >= 0.6 is 11.8 Å². The van der Waals surface area contributed by atoms with Crippen LogP contribution in [-0.4, -0.2) is 17.1 Å². The summed E-state index contributed by atoms with van der Waals surface area (Å²) in [5.74, 6) is -0.175. The number of aryl methyl sites for hydroxylation is 2. The summed E-state index contributed by atoms with van der Waals surface area (Å²) >= 11 is 1.48. The van der Waals surface area contributed by atoms with Crippen LogP contribution in [0.15, 0.2) is 71.6 Å². The molecule has 2 N–H and O–H groups in total. The Bertz CT molecular complexity index is 1060. The molecule has 1 atom stereocenters. The van der Waals surface area contributed by atoms with Crippen LogP contribution in [0.25, 0.3) is 0 Å². The number of rotatable bonds is 6. The van der Waals surface area contributed by atoms with E-state index in [0.29, 0.717) is 5.56 Å². The number of carbonyl (C=O) groups excluding carboxylic acids is 2. The number of hydrogen-bond acceptors (Lipinski definition) is 3. The quantitative estimate of drug-likeness (QED) is 0.484. The van der Waals surface area contributed by atoms with Gasteiger partial charge in [0.1, 0.15) is 0 Å². The Kier molecular flexibility index (Phi) is 6.95. The van der Waals surface area contributed by atoms with Gasteiger partial charge in [-0.3, -0.25) is 9.59 Å². The highest BCUT2D eigenvalue weighted by Crippen LogP contribution is 2.26. The lowest BCUT2D eigenvalue weighted by Gasteiger charge is -2.15. The van der Waals surface area contributed by atoms with Gasteiger partial charge in [0.25, 0.3) is 5.91 Å². The Morgan fingerprint density at radius 1 is 0.867 bits per heavy atom. The van der Waals surface area contributed by atoms with Crippen LogP contribution in [0.1, 0.15) is 34.0 Å². The predicted octanol–water partition coefficient (Wildman–Crippen LogP) is 5.98. The second-order valence-corrected chi connectivity index (χ2v) is 8.76. The van der Waals surface area contributed by atoms with Gasteiger partial charge in [0.2, 0.25) is 5.91 Å². The molecule has 4 nitrogen and oxygen atoms in total. The molecule has 3 aromatic rings. The van der Waals surface area contributed by atoms with Gasteiger partial charge in [-0.1, -0.05) is 29.8 Å². The van der Waals surface area contributed by atoms with Crippen LogP contribution in [0.3, 0.4) is 0 Å². The maximum absolute atomic E-state index is 12.6. The molecule has 2 amide bonds. The third kappa shape index (κ3) is 5.51. The highest BCUT2D eigenvalue weighted by atomic mass is 32.2. The fourth-order valence-electron chi connectivity index (χ4n) is 2.98. The fourth-order valence-corrected chi connectivity index (χ4v) is 3.85. The van der Waals surface area contributed by atoms with Crippen molar-refractivity contribution in [3.63, 3.8) is 0 Å². The summed E-state index contributed by atoms with van der Waals surface area (Å²) in [7, 11) is 0. The molecule has 0 heterocycles. The number of nitrogens with one attached hydrogen (secondary N) is 2. The predicted molar refractivity (Wildman–Crippen MR) is 125 cm³/mol.